The molecule has 17 heavy (non-hydrogen) atoms. The molecule has 2 heteroatoms. The fraction of sp³-hybridized carbons (Fsp3) is 0.600. The molecule has 1 aromatic rings. The number of benzene rings is 1. The van der Waals surface area contributed by atoms with Crippen LogP contribution >= 0.6 is 0 Å². The van der Waals surface area contributed by atoms with Crippen LogP contribution in [0.5, 0.6) is 0 Å². The van der Waals surface area contributed by atoms with Crippen LogP contribution in [0.4, 0.5) is 0 Å². The minimum Gasteiger partial charge on any atom is -0.384 e. The molecule has 0 aliphatic rings. The summed E-state index contributed by atoms with van der Waals surface area (Å²) in [6, 6.07) is 4.63. The van der Waals surface area contributed by atoms with Crippen molar-refractivity contribution in [2.45, 2.75) is 53.2 Å². The largest absolute Gasteiger partial charge is 0.384 e. The van der Waals surface area contributed by atoms with E-state index in [4.69, 9.17) is 0 Å². The minimum atomic E-state index is -0.813. The Morgan fingerprint density at radius 1 is 1.12 bits per heavy atom. The van der Waals surface area contributed by atoms with Gasteiger partial charge in [-0.1, -0.05) is 26.0 Å². The first-order valence-corrected chi connectivity index (χ1v) is 6.28. The molecule has 0 amide bonds. The van der Waals surface area contributed by atoms with Gasteiger partial charge in [-0.15, -0.1) is 0 Å². The van der Waals surface area contributed by atoms with E-state index < -0.39 is 5.60 Å². The second-order valence-electron chi connectivity index (χ2n) is 5.56. The highest BCUT2D eigenvalue weighted by molar-refractivity contribution is 5.39. The molecule has 2 N–H and O–H groups in total. The zero-order chi connectivity index (χ0) is 13.2. The maximum Gasteiger partial charge on any atom is 0.0995 e. The van der Waals surface area contributed by atoms with Crippen molar-refractivity contribution in [1.29, 1.82) is 0 Å². The van der Waals surface area contributed by atoms with Gasteiger partial charge in [0.15, 0.2) is 0 Å². The lowest BCUT2D eigenvalue weighted by molar-refractivity contribution is 0.0542. The van der Waals surface area contributed by atoms with Crippen LogP contribution in [-0.4, -0.2) is 17.7 Å². The van der Waals surface area contributed by atoms with Crippen molar-refractivity contribution < 1.29 is 5.11 Å². The van der Waals surface area contributed by atoms with Crippen LogP contribution in [0.1, 0.15) is 43.0 Å². The first-order chi connectivity index (χ1) is 7.74. The number of aryl methyl sites for hydroxylation is 3. The lowest BCUT2D eigenvalue weighted by Crippen LogP contribution is -2.39. The number of nitrogens with one attached hydrogen (secondary N) is 1. The summed E-state index contributed by atoms with van der Waals surface area (Å²) >= 11 is 0. The van der Waals surface area contributed by atoms with E-state index in [-0.39, 0.29) is 0 Å². The normalized spacial score (nSPS) is 15.1. The third kappa shape index (κ3) is 3.55. The van der Waals surface area contributed by atoms with E-state index in [0.717, 1.165) is 11.1 Å². The lowest BCUT2D eigenvalue weighted by atomic mass is 9.88. The average molecular weight is 235 g/mol. The molecule has 2 nitrogen and oxygen atoms in total. The average Bonchev–Trinajstić information content (AvgIpc) is 2.20. The summed E-state index contributed by atoms with van der Waals surface area (Å²) in [6.45, 7) is 12.9. The molecule has 0 aliphatic heterocycles. The van der Waals surface area contributed by atoms with Crippen molar-refractivity contribution in [3.8, 4) is 0 Å². The molecule has 0 aliphatic carbocycles. The van der Waals surface area contributed by atoms with E-state index in [1.54, 1.807) is 0 Å². The van der Waals surface area contributed by atoms with Gasteiger partial charge < -0.3 is 10.4 Å². The van der Waals surface area contributed by atoms with Crippen LogP contribution in [0, 0.1) is 20.8 Å². The lowest BCUT2D eigenvalue weighted by Gasteiger charge is -2.28. The van der Waals surface area contributed by atoms with Gasteiger partial charge >= 0.3 is 0 Å². The van der Waals surface area contributed by atoms with E-state index in [1.165, 1.54) is 11.1 Å². The monoisotopic (exact) mass is 235 g/mol. The quantitative estimate of drug-likeness (QED) is 0.841. The van der Waals surface area contributed by atoms with Crippen LogP contribution in [0.3, 0.4) is 0 Å². The molecule has 0 saturated carbocycles. The number of hydrogen-bond donors (Lipinski definition) is 2. The topological polar surface area (TPSA) is 32.3 Å². The summed E-state index contributed by atoms with van der Waals surface area (Å²) in [5.74, 6) is 0. The molecule has 1 atom stereocenters. The van der Waals surface area contributed by atoms with Crippen LogP contribution < -0.4 is 5.32 Å². The van der Waals surface area contributed by atoms with Crippen LogP contribution in [0.15, 0.2) is 12.1 Å². The molecular formula is C15H25NO. The SMILES string of the molecule is Cc1cc(C)c(C(C)(O)CNC(C)C)cc1C. The van der Waals surface area contributed by atoms with Crippen LogP contribution in [0.25, 0.3) is 0 Å². The third-order valence-corrected chi connectivity index (χ3v) is 3.28. The summed E-state index contributed by atoms with van der Waals surface area (Å²) in [6.07, 6.45) is 0. The molecule has 0 radical (unpaired) electrons. The van der Waals surface area contributed by atoms with Crippen molar-refractivity contribution in [3.05, 3.63) is 34.4 Å². The van der Waals surface area contributed by atoms with Gasteiger partial charge in [0.05, 0.1) is 5.60 Å². The molecule has 1 aromatic carbocycles. The Hall–Kier alpha value is -0.860. The zero-order valence-electron chi connectivity index (χ0n) is 11.9. The second kappa shape index (κ2) is 5.19. The first kappa shape index (κ1) is 14.2. The second-order valence-corrected chi connectivity index (χ2v) is 5.56. The van der Waals surface area contributed by atoms with Crippen molar-refractivity contribution in [3.63, 3.8) is 0 Å². The Labute approximate surface area is 105 Å². The van der Waals surface area contributed by atoms with Gasteiger partial charge in [-0.2, -0.15) is 0 Å². The number of hydrogen-bond acceptors (Lipinski definition) is 2. The van der Waals surface area contributed by atoms with Crippen molar-refractivity contribution in [2.75, 3.05) is 6.54 Å². The number of aliphatic hydroxyl groups is 1. The predicted molar refractivity (Wildman–Crippen MR) is 73.4 cm³/mol. The van der Waals surface area contributed by atoms with E-state index in [9.17, 15) is 5.11 Å². The summed E-state index contributed by atoms with van der Waals surface area (Å²) in [5.41, 5.74) is 3.87. The molecule has 0 aromatic heterocycles. The highest BCUT2D eigenvalue weighted by atomic mass is 16.3. The van der Waals surface area contributed by atoms with E-state index in [1.807, 2.05) is 6.92 Å². The van der Waals surface area contributed by atoms with Gasteiger partial charge in [0, 0.05) is 12.6 Å². The maximum absolute atomic E-state index is 10.6. The zero-order valence-corrected chi connectivity index (χ0v) is 11.9. The molecule has 0 saturated heterocycles. The molecule has 0 heterocycles. The predicted octanol–water partition coefficient (Wildman–Crippen LogP) is 2.82. The van der Waals surface area contributed by atoms with E-state index in [0.29, 0.717) is 12.6 Å². The fourth-order valence-corrected chi connectivity index (χ4v) is 2.04. The van der Waals surface area contributed by atoms with Crippen molar-refractivity contribution in [1.82, 2.24) is 5.32 Å². The standard InChI is InChI=1S/C15H25NO/c1-10(2)16-9-15(6,17)14-8-12(4)11(3)7-13(14)5/h7-8,10,16-17H,9H2,1-6H3. The van der Waals surface area contributed by atoms with Gasteiger partial charge in [0.2, 0.25) is 0 Å². The van der Waals surface area contributed by atoms with Crippen molar-refractivity contribution in [2.24, 2.45) is 0 Å². The summed E-state index contributed by atoms with van der Waals surface area (Å²) in [7, 11) is 0. The molecule has 1 rings (SSSR count). The third-order valence-electron chi connectivity index (χ3n) is 3.28. The minimum absolute atomic E-state index is 0.383. The maximum atomic E-state index is 10.6. The highest BCUT2D eigenvalue weighted by Crippen LogP contribution is 2.26. The molecular weight excluding hydrogens is 210 g/mol. The number of rotatable bonds is 4. The Bertz CT molecular complexity index is 394. The molecule has 96 valence electrons. The smallest absolute Gasteiger partial charge is 0.0995 e. The Balaban J connectivity index is 3.01. The van der Waals surface area contributed by atoms with Gasteiger partial charge in [0.1, 0.15) is 0 Å². The van der Waals surface area contributed by atoms with Crippen LogP contribution in [-0.2, 0) is 5.60 Å². The Morgan fingerprint density at radius 3 is 2.18 bits per heavy atom. The summed E-state index contributed by atoms with van der Waals surface area (Å²) in [5, 5.41) is 13.9. The Kier molecular flexibility index (Phi) is 4.34. The van der Waals surface area contributed by atoms with Crippen LogP contribution in [0.2, 0.25) is 0 Å². The van der Waals surface area contributed by atoms with Gasteiger partial charge in [-0.25, -0.2) is 0 Å². The highest BCUT2D eigenvalue weighted by Gasteiger charge is 2.25. The van der Waals surface area contributed by atoms with Gasteiger partial charge in [0.25, 0.3) is 0 Å². The fourth-order valence-electron chi connectivity index (χ4n) is 2.04. The van der Waals surface area contributed by atoms with Gasteiger partial charge in [-0.3, -0.25) is 0 Å². The molecule has 0 spiro atoms. The molecule has 0 bridgehead atoms. The summed E-state index contributed by atoms with van der Waals surface area (Å²) < 4.78 is 0. The summed E-state index contributed by atoms with van der Waals surface area (Å²) in [4.78, 5) is 0. The molecule has 1 unspecified atom stereocenters. The first-order valence-electron chi connectivity index (χ1n) is 6.28. The molecule has 0 fully saturated rings. The Morgan fingerprint density at radius 2 is 1.65 bits per heavy atom. The van der Waals surface area contributed by atoms with Gasteiger partial charge in [-0.05, 0) is 49.9 Å². The van der Waals surface area contributed by atoms with Crippen molar-refractivity contribution >= 4 is 0 Å². The van der Waals surface area contributed by atoms with E-state index >= 15 is 0 Å². The van der Waals surface area contributed by atoms with E-state index in [2.05, 4.69) is 52.1 Å².